The summed E-state index contributed by atoms with van der Waals surface area (Å²) in [6.45, 7) is 6.03. The molecule has 1 aliphatic heterocycles. The fourth-order valence-corrected chi connectivity index (χ4v) is 4.11. The van der Waals surface area contributed by atoms with E-state index in [1.54, 1.807) is 0 Å². The highest BCUT2D eigenvalue weighted by molar-refractivity contribution is 5.94. The van der Waals surface area contributed by atoms with Gasteiger partial charge in [-0.1, -0.05) is 42.5 Å². The molecule has 1 atom stereocenters. The molecule has 0 N–H and O–H groups in total. The molecule has 1 aliphatic rings. The van der Waals surface area contributed by atoms with E-state index >= 15 is 0 Å². The van der Waals surface area contributed by atoms with Crippen molar-refractivity contribution in [3.63, 3.8) is 0 Å². The van der Waals surface area contributed by atoms with Crippen LogP contribution in [0.15, 0.2) is 66.7 Å². The molecular formula is C26H28N2O2. The summed E-state index contributed by atoms with van der Waals surface area (Å²) >= 11 is 0. The predicted molar refractivity (Wildman–Crippen MR) is 119 cm³/mol. The lowest BCUT2D eigenvalue weighted by Crippen LogP contribution is -2.31. The molecule has 3 aromatic rings. The Morgan fingerprint density at radius 2 is 1.83 bits per heavy atom. The van der Waals surface area contributed by atoms with Gasteiger partial charge in [-0.2, -0.15) is 0 Å². The molecule has 30 heavy (non-hydrogen) atoms. The molecule has 0 radical (unpaired) electrons. The number of carbonyl (C=O) groups excluding carboxylic acids is 1. The van der Waals surface area contributed by atoms with Gasteiger partial charge in [-0.05, 0) is 67.6 Å². The zero-order valence-corrected chi connectivity index (χ0v) is 17.7. The van der Waals surface area contributed by atoms with Crippen LogP contribution in [0.4, 0.5) is 0 Å². The monoisotopic (exact) mass is 400 g/mol. The SMILES string of the molecule is CCOCc1ccc(C(=O)N2CCCC2c2cc(-c3ccccc3)cc(C)n2)cc1. The highest BCUT2D eigenvalue weighted by Gasteiger charge is 2.31. The summed E-state index contributed by atoms with van der Waals surface area (Å²) in [4.78, 5) is 20.0. The zero-order valence-electron chi connectivity index (χ0n) is 17.7. The first-order chi connectivity index (χ1) is 14.7. The predicted octanol–water partition coefficient (Wildman–Crippen LogP) is 5.57. The van der Waals surface area contributed by atoms with Gasteiger partial charge in [0.25, 0.3) is 5.91 Å². The van der Waals surface area contributed by atoms with Gasteiger partial charge in [0.2, 0.25) is 0 Å². The van der Waals surface area contributed by atoms with Crippen molar-refractivity contribution in [3.8, 4) is 11.1 Å². The molecule has 2 heterocycles. The minimum absolute atomic E-state index is 0.0166. The van der Waals surface area contributed by atoms with Crippen molar-refractivity contribution in [2.24, 2.45) is 0 Å². The molecule has 4 rings (SSSR count). The van der Waals surface area contributed by atoms with Gasteiger partial charge in [0.05, 0.1) is 18.3 Å². The lowest BCUT2D eigenvalue weighted by molar-refractivity contribution is 0.0732. The Kier molecular flexibility index (Phi) is 6.24. The second kappa shape index (κ2) is 9.23. The summed E-state index contributed by atoms with van der Waals surface area (Å²) in [5, 5.41) is 0. The van der Waals surface area contributed by atoms with Gasteiger partial charge in [-0.25, -0.2) is 0 Å². The minimum atomic E-state index is 0.0166. The minimum Gasteiger partial charge on any atom is -0.377 e. The standard InChI is InChI=1S/C26H28N2O2/c1-3-30-18-20-11-13-22(14-12-20)26(29)28-15-7-10-25(28)24-17-23(16-19(2)27-24)21-8-5-4-6-9-21/h4-6,8-9,11-14,16-17,25H,3,7,10,15,18H2,1-2H3. The van der Waals surface area contributed by atoms with Gasteiger partial charge in [0.1, 0.15) is 0 Å². The fourth-order valence-electron chi connectivity index (χ4n) is 4.11. The number of rotatable bonds is 6. The van der Waals surface area contributed by atoms with Crippen LogP contribution in [0.5, 0.6) is 0 Å². The molecule has 1 amide bonds. The third-order valence-electron chi connectivity index (χ3n) is 5.61. The van der Waals surface area contributed by atoms with E-state index in [4.69, 9.17) is 9.72 Å². The average molecular weight is 401 g/mol. The second-order valence-corrected chi connectivity index (χ2v) is 7.78. The van der Waals surface area contributed by atoms with E-state index in [1.807, 2.05) is 61.2 Å². The van der Waals surface area contributed by atoms with Crippen LogP contribution in [-0.2, 0) is 11.3 Å². The van der Waals surface area contributed by atoms with Crippen LogP contribution in [-0.4, -0.2) is 28.9 Å². The van der Waals surface area contributed by atoms with Crippen molar-refractivity contribution in [1.82, 2.24) is 9.88 Å². The highest BCUT2D eigenvalue weighted by atomic mass is 16.5. The summed E-state index contributed by atoms with van der Waals surface area (Å²) < 4.78 is 5.45. The maximum Gasteiger partial charge on any atom is 0.254 e. The second-order valence-electron chi connectivity index (χ2n) is 7.78. The van der Waals surface area contributed by atoms with Crippen molar-refractivity contribution in [3.05, 3.63) is 89.2 Å². The fraction of sp³-hybridized carbons (Fsp3) is 0.308. The van der Waals surface area contributed by atoms with Crippen LogP contribution < -0.4 is 0 Å². The van der Waals surface area contributed by atoms with E-state index in [0.717, 1.165) is 47.5 Å². The molecular weight excluding hydrogens is 372 g/mol. The molecule has 4 nitrogen and oxygen atoms in total. The molecule has 0 saturated carbocycles. The van der Waals surface area contributed by atoms with E-state index < -0.39 is 0 Å². The molecule has 0 spiro atoms. The number of likely N-dealkylation sites (tertiary alicyclic amines) is 1. The third kappa shape index (κ3) is 4.44. The Balaban J connectivity index is 1.58. The van der Waals surface area contributed by atoms with E-state index in [1.165, 1.54) is 5.56 Å². The zero-order chi connectivity index (χ0) is 20.9. The molecule has 2 aromatic carbocycles. The van der Waals surface area contributed by atoms with Crippen LogP contribution >= 0.6 is 0 Å². The van der Waals surface area contributed by atoms with Gasteiger partial charge in [0, 0.05) is 24.4 Å². The molecule has 154 valence electrons. The van der Waals surface area contributed by atoms with Crippen molar-refractivity contribution in [1.29, 1.82) is 0 Å². The Morgan fingerprint density at radius 3 is 2.57 bits per heavy atom. The third-order valence-corrected chi connectivity index (χ3v) is 5.61. The van der Waals surface area contributed by atoms with E-state index in [9.17, 15) is 4.79 Å². The average Bonchev–Trinajstić information content (AvgIpc) is 3.28. The largest absolute Gasteiger partial charge is 0.377 e. The van der Waals surface area contributed by atoms with Gasteiger partial charge in [0.15, 0.2) is 0 Å². The van der Waals surface area contributed by atoms with Crippen LogP contribution in [0.3, 0.4) is 0 Å². The van der Waals surface area contributed by atoms with Gasteiger partial charge >= 0.3 is 0 Å². The highest BCUT2D eigenvalue weighted by Crippen LogP contribution is 2.34. The molecule has 0 bridgehead atoms. The van der Waals surface area contributed by atoms with Crippen LogP contribution in [0, 0.1) is 6.92 Å². The summed E-state index contributed by atoms with van der Waals surface area (Å²) in [6, 6.07) is 22.4. The number of pyridine rings is 1. The number of hydrogen-bond acceptors (Lipinski definition) is 3. The first kappa shape index (κ1) is 20.3. The number of benzene rings is 2. The van der Waals surface area contributed by atoms with E-state index in [2.05, 4.69) is 24.3 Å². The first-order valence-electron chi connectivity index (χ1n) is 10.7. The van der Waals surface area contributed by atoms with Crippen molar-refractivity contribution in [2.45, 2.75) is 39.3 Å². The van der Waals surface area contributed by atoms with Crippen LogP contribution in [0.25, 0.3) is 11.1 Å². The summed E-state index contributed by atoms with van der Waals surface area (Å²) in [6.07, 6.45) is 1.94. The Morgan fingerprint density at radius 1 is 1.07 bits per heavy atom. The lowest BCUT2D eigenvalue weighted by Gasteiger charge is -2.25. The van der Waals surface area contributed by atoms with Gasteiger partial charge < -0.3 is 9.64 Å². The van der Waals surface area contributed by atoms with Crippen molar-refractivity contribution >= 4 is 5.91 Å². The number of nitrogens with zero attached hydrogens (tertiary/aromatic N) is 2. The molecule has 0 aliphatic carbocycles. The smallest absolute Gasteiger partial charge is 0.254 e. The Bertz CT molecular complexity index is 999. The molecule has 1 unspecified atom stereocenters. The van der Waals surface area contributed by atoms with Crippen LogP contribution in [0.1, 0.15) is 53.1 Å². The summed E-state index contributed by atoms with van der Waals surface area (Å²) in [5.41, 5.74) is 6.08. The maximum atomic E-state index is 13.3. The van der Waals surface area contributed by atoms with Gasteiger partial charge in [-0.3, -0.25) is 9.78 Å². The maximum absolute atomic E-state index is 13.3. The number of hydrogen-bond donors (Lipinski definition) is 0. The molecule has 1 aromatic heterocycles. The topological polar surface area (TPSA) is 42.4 Å². The number of aromatic nitrogens is 1. The Labute approximate surface area is 178 Å². The number of amides is 1. The van der Waals surface area contributed by atoms with E-state index in [0.29, 0.717) is 13.2 Å². The van der Waals surface area contributed by atoms with Crippen molar-refractivity contribution in [2.75, 3.05) is 13.2 Å². The van der Waals surface area contributed by atoms with Gasteiger partial charge in [-0.15, -0.1) is 0 Å². The van der Waals surface area contributed by atoms with Crippen molar-refractivity contribution < 1.29 is 9.53 Å². The summed E-state index contributed by atoms with van der Waals surface area (Å²) in [5.74, 6) is 0.0741. The molecule has 4 heteroatoms. The quantitative estimate of drug-likeness (QED) is 0.543. The number of ether oxygens (including phenoxy) is 1. The first-order valence-corrected chi connectivity index (χ1v) is 10.7. The Hall–Kier alpha value is -2.98. The number of carbonyl (C=O) groups is 1. The molecule has 1 saturated heterocycles. The van der Waals surface area contributed by atoms with E-state index in [-0.39, 0.29) is 11.9 Å². The number of aryl methyl sites for hydroxylation is 1. The lowest BCUT2D eigenvalue weighted by atomic mass is 10.0. The molecule has 1 fully saturated rings. The normalized spacial score (nSPS) is 16.1. The summed E-state index contributed by atoms with van der Waals surface area (Å²) in [7, 11) is 0. The van der Waals surface area contributed by atoms with Crippen LogP contribution in [0.2, 0.25) is 0 Å².